The number of nitrogens with two attached hydrogens (primary N) is 1. The maximum atomic E-state index is 5.47. The molecule has 72 valence electrons. The lowest BCUT2D eigenvalue weighted by Crippen LogP contribution is -1.99. The van der Waals surface area contributed by atoms with Crippen LogP contribution >= 0.6 is 0 Å². The fourth-order valence-corrected chi connectivity index (χ4v) is 1.01. The van der Waals surface area contributed by atoms with E-state index >= 15 is 0 Å². The second-order valence-electron chi connectivity index (χ2n) is 2.61. The topological polar surface area (TPSA) is 78.9 Å². The van der Waals surface area contributed by atoms with E-state index in [0.29, 0.717) is 11.8 Å². The van der Waals surface area contributed by atoms with Gasteiger partial charge in [-0.3, -0.25) is 0 Å². The van der Waals surface area contributed by atoms with Gasteiger partial charge in [0.15, 0.2) is 0 Å². The third-order valence-electron chi connectivity index (χ3n) is 1.67. The summed E-state index contributed by atoms with van der Waals surface area (Å²) >= 11 is 0. The first-order chi connectivity index (χ1) is 6.79. The molecular weight excluding hydrogens is 182 g/mol. The molecular formula is C8H9N5O. The van der Waals surface area contributed by atoms with E-state index in [0.717, 1.165) is 5.69 Å². The Morgan fingerprint density at radius 2 is 2.07 bits per heavy atom. The van der Waals surface area contributed by atoms with Gasteiger partial charge >= 0.3 is 6.01 Å². The number of methoxy groups -OCH3 is 1. The van der Waals surface area contributed by atoms with Crippen LogP contribution in [0.2, 0.25) is 0 Å². The maximum Gasteiger partial charge on any atom is 0.316 e. The molecule has 0 aromatic carbocycles. The number of aromatic nitrogens is 4. The third kappa shape index (κ3) is 1.49. The Morgan fingerprint density at radius 1 is 1.36 bits per heavy atom. The summed E-state index contributed by atoms with van der Waals surface area (Å²) in [5.74, 6) is 0.459. The second kappa shape index (κ2) is 3.33. The zero-order valence-electron chi connectivity index (χ0n) is 7.58. The van der Waals surface area contributed by atoms with Crippen LogP contribution in [-0.2, 0) is 0 Å². The van der Waals surface area contributed by atoms with Crippen LogP contribution < -0.4 is 10.5 Å². The minimum Gasteiger partial charge on any atom is -0.467 e. The third-order valence-corrected chi connectivity index (χ3v) is 1.67. The van der Waals surface area contributed by atoms with E-state index < -0.39 is 0 Å². The fraction of sp³-hybridized carbons (Fsp3) is 0.125. The molecule has 6 heteroatoms. The Hall–Kier alpha value is -2.11. The summed E-state index contributed by atoms with van der Waals surface area (Å²) in [5.41, 5.74) is 6.21. The SMILES string of the molecule is COc1ncc(-n2ccc(N)n2)cn1. The van der Waals surface area contributed by atoms with Crippen molar-refractivity contribution in [3.63, 3.8) is 0 Å². The smallest absolute Gasteiger partial charge is 0.316 e. The molecule has 2 aromatic rings. The van der Waals surface area contributed by atoms with Gasteiger partial charge in [-0.05, 0) is 0 Å². The fourth-order valence-electron chi connectivity index (χ4n) is 1.01. The molecule has 2 heterocycles. The van der Waals surface area contributed by atoms with Crippen molar-refractivity contribution >= 4 is 5.82 Å². The van der Waals surface area contributed by atoms with Crippen LogP contribution in [-0.4, -0.2) is 26.9 Å². The van der Waals surface area contributed by atoms with Gasteiger partial charge in [-0.1, -0.05) is 0 Å². The largest absolute Gasteiger partial charge is 0.467 e. The molecule has 6 nitrogen and oxygen atoms in total. The number of nitrogens with zero attached hydrogens (tertiary/aromatic N) is 4. The molecule has 0 saturated heterocycles. The zero-order chi connectivity index (χ0) is 9.97. The molecule has 0 fully saturated rings. The molecule has 14 heavy (non-hydrogen) atoms. The van der Waals surface area contributed by atoms with Crippen molar-refractivity contribution in [3.8, 4) is 11.7 Å². The average Bonchev–Trinajstić information content (AvgIpc) is 2.65. The summed E-state index contributed by atoms with van der Waals surface area (Å²) in [5, 5.41) is 4.01. The van der Waals surface area contributed by atoms with E-state index in [1.807, 2.05) is 0 Å². The number of rotatable bonds is 2. The standard InChI is InChI=1S/C8H9N5O/c1-14-8-10-4-6(5-11-8)13-3-2-7(9)12-13/h2-5H,1H3,(H2,9,12). The number of hydrogen-bond donors (Lipinski definition) is 1. The first-order valence-corrected chi connectivity index (χ1v) is 3.97. The predicted molar refractivity (Wildman–Crippen MR) is 50.1 cm³/mol. The Morgan fingerprint density at radius 3 is 2.57 bits per heavy atom. The summed E-state index contributed by atoms with van der Waals surface area (Å²) in [6, 6.07) is 2.03. The molecule has 2 N–H and O–H groups in total. The lowest BCUT2D eigenvalue weighted by Gasteiger charge is -2.00. The van der Waals surface area contributed by atoms with Gasteiger partial charge in [-0.25, -0.2) is 14.6 Å². The van der Waals surface area contributed by atoms with Gasteiger partial charge in [0.1, 0.15) is 11.5 Å². The second-order valence-corrected chi connectivity index (χ2v) is 2.61. The van der Waals surface area contributed by atoms with Crippen molar-refractivity contribution in [3.05, 3.63) is 24.7 Å². The summed E-state index contributed by atoms with van der Waals surface area (Å²) in [4.78, 5) is 7.90. The molecule has 0 aliphatic heterocycles. The molecule has 0 spiro atoms. The molecule has 0 saturated carbocycles. The van der Waals surface area contributed by atoms with Gasteiger partial charge < -0.3 is 10.5 Å². The summed E-state index contributed by atoms with van der Waals surface area (Å²) < 4.78 is 6.43. The van der Waals surface area contributed by atoms with Crippen LogP contribution in [0.4, 0.5) is 5.82 Å². The van der Waals surface area contributed by atoms with E-state index in [-0.39, 0.29) is 0 Å². The van der Waals surface area contributed by atoms with Crippen molar-refractivity contribution in [2.24, 2.45) is 0 Å². The summed E-state index contributed by atoms with van der Waals surface area (Å²) in [7, 11) is 1.51. The van der Waals surface area contributed by atoms with Gasteiger partial charge in [0.2, 0.25) is 0 Å². The van der Waals surface area contributed by atoms with Crippen LogP contribution in [0.5, 0.6) is 6.01 Å². The molecule has 2 aromatic heterocycles. The highest BCUT2D eigenvalue weighted by molar-refractivity contribution is 5.31. The molecule has 0 atom stereocenters. The van der Waals surface area contributed by atoms with Crippen molar-refractivity contribution in [1.82, 2.24) is 19.7 Å². The van der Waals surface area contributed by atoms with Gasteiger partial charge in [-0.15, -0.1) is 0 Å². The molecule has 0 unspecified atom stereocenters. The highest BCUT2D eigenvalue weighted by Gasteiger charge is 2.00. The molecule has 0 aliphatic rings. The quantitative estimate of drug-likeness (QED) is 0.736. The first-order valence-electron chi connectivity index (χ1n) is 3.97. The van der Waals surface area contributed by atoms with E-state index in [4.69, 9.17) is 10.5 Å². The van der Waals surface area contributed by atoms with Crippen molar-refractivity contribution in [2.45, 2.75) is 0 Å². The molecule has 0 bridgehead atoms. The zero-order valence-corrected chi connectivity index (χ0v) is 7.58. The minimum atomic E-state index is 0.328. The number of hydrogen-bond acceptors (Lipinski definition) is 5. The lowest BCUT2D eigenvalue weighted by molar-refractivity contribution is 0.379. The molecule has 0 amide bonds. The average molecular weight is 191 g/mol. The van der Waals surface area contributed by atoms with E-state index in [9.17, 15) is 0 Å². The number of ether oxygens (including phenoxy) is 1. The first kappa shape index (κ1) is 8.49. The Kier molecular flexibility index (Phi) is 2.02. The number of anilines is 1. The van der Waals surface area contributed by atoms with E-state index in [1.54, 1.807) is 29.3 Å². The van der Waals surface area contributed by atoms with E-state index in [2.05, 4.69) is 15.1 Å². The normalized spacial score (nSPS) is 10.1. The Bertz CT molecular complexity index is 422. The Labute approximate surface area is 80.4 Å². The molecule has 2 rings (SSSR count). The van der Waals surface area contributed by atoms with Gasteiger partial charge in [0.25, 0.3) is 0 Å². The van der Waals surface area contributed by atoms with Gasteiger partial charge in [0.05, 0.1) is 19.5 Å². The van der Waals surface area contributed by atoms with Crippen molar-refractivity contribution in [2.75, 3.05) is 12.8 Å². The van der Waals surface area contributed by atoms with Crippen LogP contribution in [0.15, 0.2) is 24.7 Å². The Balaban J connectivity index is 2.33. The van der Waals surface area contributed by atoms with Crippen molar-refractivity contribution < 1.29 is 4.74 Å². The van der Waals surface area contributed by atoms with Crippen LogP contribution in [0, 0.1) is 0 Å². The molecule has 0 radical (unpaired) electrons. The molecule has 0 aliphatic carbocycles. The summed E-state index contributed by atoms with van der Waals surface area (Å²) in [6.45, 7) is 0. The highest BCUT2D eigenvalue weighted by Crippen LogP contribution is 2.07. The maximum absolute atomic E-state index is 5.47. The van der Waals surface area contributed by atoms with Crippen molar-refractivity contribution in [1.29, 1.82) is 0 Å². The monoisotopic (exact) mass is 191 g/mol. The highest BCUT2D eigenvalue weighted by atomic mass is 16.5. The van der Waals surface area contributed by atoms with Crippen LogP contribution in [0.1, 0.15) is 0 Å². The van der Waals surface area contributed by atoms with Gasteiger partial charge in [-0.2, -0.15) is 5.10 Å². The predicted octanol–water partition coefficient (Wildman–Crippen LogP) is 0.253. The minimum absolute atomic E-state index is 0.328. The van der Waals surface area contributed by atoms with Gasteiger partial charge in [0, 0.05) is 12.3 Å². The summed E-state index contributed by atoms with van der Waals surface area (Å²) in [6.07, 6.45) is 4.96. The van der Waals surface area contributed by atoms with E-state index in [1.165, 1.54) is 7.11 Å². The van der Waals surface area contributed by atoms with Crippen LogP contribution in [0.25, 0.3) is 5.69 Å². The van der Waals surface area contributed by atoms with Crippen LogP contribution in [0.3, 0.4) is 0 Å². The lowest BCUT2D eigenvalue weighted by atomic mass is 10.5. The number of nitrogen functional groups attached to an aromatic ring is 1.